The minimum Gasteiger partial charge on any atom is -0.495 e. The number of hydrogen-bond donors (Lipinski definition) is 3. The molecule has 2 heterocycles. The van der Waals surface area contributed by atoms with E-state index in [-0.39, 0.29) is 5.91 Å². The number of aromatic nitrogens is 4. The van der Waals surface area contributed by atoms with Crippen molar-refractivity contribution in [3.8, 4) is 23.0 Å². The smallest absolute Gasteiger partial charge is 0.256 e. The third-order valence-electron chi connectivity index (χ3n) is 4.50. The summed E-state index contributed by atoms with van der Waals surface area (Å²) >= 11 is 6.09. The fourth-order valence-electron chi connectivity index (χ4n) is 2.95. The van der Waals surface area contributed by atoms with E-state index in [1.807, 2.05) is 18.2 Å². The minimum atomic E-state index is -0.343. The predicted molar refractivity (Wildman–Crippen MR) is 117 cm³/mol. The summed E-state index contributed by atoms with van der Waals surface area (Å²) in [4.78, 5) is 20.3. The molecule has 160 valence electrons. The standard InChI is InChI=1S/C21H20ClN5O4/c1-29-7-8-31-13-4-5-15-16(10-13)24-20(23-15)17-11-19(27-26-17)25-21(28)12-3-6-18(30-2)14(22)9-12/h3-6,9-11H,7-8H2,1-2H3,(H,23,24)(H2,25,26,27,28). The van der Waals surface area contributed by atoms with Crippen molar-refractivity contribution >= 4 is 34.4 Å². The number of H-pyrrole nitrogens is 2. The van der Waals surface area contributed by atoms with Gasteiger partial charge < -0.3 is 24.5 Å². The Morgan fingerprint density at radius 2 is 2.00 bits per heavy atom. The number of rotatable bonds is 8. The summed E-state index contributed by atoms with van der Waals surface area (Å²) in [6.45, 7) is 0.970. The second-order valence-corrected chi connectivity index (χ2v) is 6.98. The summed E-state index contributed by atoms with van der Waals surface area (Å²) < 4.78 is 15.7. The number of ether oxygens (including phenoxy) is 3. The number of carbonyl (C=O) groups excluding carboxylic acids is 1. The van der Waals surface area contributed by atoms with Crippen LogP contribution in [-0.4, -0.2) is 53.5 Å². The van der Waals surface area contributed by atoms with Crippen LogP contribution in [0, 0.1) is 0 Å². The Balaban J connectivity index is 1.48. The van der Waals surface area contributed by atoms with Crippen LogP contribution in [0.2, 0.25) is 5.02 Å². The molecule has 0 radical (unpaired) electrons. The van der Waals surface area contributed by atoms with Crippen LogP contribution < -0.4 is 14.8 Å². The zero-order chi connectivity index (χ0) is 21.8. The molecule has 0 aliphatic carbocycles. The molecule has 0 saturated carbocycles. The van der Waals surface area contributed by atoms with Gasteiger partial charge in [-0.25, -0.2) is 4.98 Å². The van der Waals surface area contributed by atoms with Gasteiger partial charge in [-0.05, 0) is 30.3 Å². The van der Waals surface area contributed by atoms with Crippen LogP contribution in [-0.2, 0) is 4.74 Å². The third-order valence-corrected chi connectivity index (χ3v) is 4.79. The van der Waals surface area contributed by atoms with Gasteiger partial charge >= 0.3 is 0 Å². The van der Waals surface area contributed by atoms with Crippen LogP contribution in [0.3, 0.4) is 0 Å². The van der Waals surface area contributed by atoms with Crippen LogP contribution in [0.1, 0.15) is 10.4 Å². The number of carbonyl (C=O) groups is 1. The number of amides is 1. The molecule has 1 amide bonds. The quantitative estimate of drug-likeness (QED) is 0.357. The monoisotopic (exact) mass is 441 g/mol. The molecule has 4 aromatic rings. The SMILES string of the molecule is COCCOc1ccc2[nH]c(-c3cc(NC(=O)c4ccc(OC)c(Cl)c4)n[nH]3)nc2c1. The van der Waals surface area contributed by atoms with E-state index in [2.05, 4.69) is 25.5 Å². The zero-order valence-corrected chi connectivity index (χ0v) is 17.6. The van der Waals surface area contributed by atoms with Gasteiger partial charge in [0, 0.05) is 24.8 Å². The van der Waals surface area contributed by atoms with E-state index in [1.54, 1.807) is 25.3 Å². The summed E-state index contributed by atoms with van der Waals surface area (Å²) in [6.07, 6.45) is 0. The van der Waals surface area contributed by atoms with Crippen molar-refractivity contribution in [1.82, 2.24) is 20.2 Å². The number of nitrogens with zero attached hydrogens (tertiary/aromatic N) is 2. The Hall–Kier alpha value is -3.56. The van der Waals surface area contributed by atoms with Crippen molar-refractivity contribution in [3.05, 3.63) is 53.1 Å². The Bertz CT molecular complexity index is 1220. The third kappa shape index (κ3) is 4.62. The van der Waals surface area contributed by atoms with Gasteiger partial charge in [0.2, 0.25) is 0 Å². The number of halogens is 1. The van der Waals surface area contributed by atoms with Gasteiger partial charge in [0.25, 0.3) is 5.91 Å². The lowest BCUT2D eigenvalue weighted by Crippen LogP contribution is -2.12. The van der Waals surface area contributed by atoms with Crippen molar-refractivity contribution in [1.29, 1.82) is 0 Å². The van der Waals surface area contributed by atoms with Gasteiger partial charge in [0.15, 0.2) is 11.6 Å². The van der Waals surface area contributed by atoms with Gasteiger partial charge in [-0.1, -0.05) is 11.6 Å². The zero-order valence-electron chi connectivity index (χ0n) is 16.9. The molecule has 0 aliphatic heterocycles. The maximum Gasteiger partial charge on any atom is 0.256 e. The number of nitrogens with one attached hydrogen (secondary N) is 3. The van der Waals surface area contributed by atoms with Gasteiger partial charge in [0.05, 0.1) is 29.8 Å². The average Bonchev–Trinajstić information content (AvgIpc) is 3.40. The van der Waals surface area contributed by atoms with E-state index in [9.17, 15) is 4.79 Å². The predicted octanol–water partition coefficient (Wildman–Crippen LogP) is 3.89. The fourth-order valence-corrected chi connectivity index (χ4v) is 3.21. The molecule has 9 nitrogen and oxygen atoms in total. The minimum absolute atomic E-state index is 0.343. The van der Waals surface area contributed by atoms with Crippen molar-refractivity contribution in [2.45, 2.75) is 0 Å². The maximum atomic E-state index is 12.5. The van der Waals surface area contributed by atoms with Gasteiger partial charge in [-0.2, -0.15) is 5.10 Å². The van der Waals surface area contributed by atoms with Gasteiger partial charge in [-0.3, -0.25) is 9.89 Å². The van der Waals surface area contributed by atoms with E-state index < -0.39 is 0 Å². The van der Waals surface area contributed by atoms with Crippen LogP contribution in [0.15, 0.2) is 42.5 Å². The molecule has 4 rings (SSSR count). The largest absolute Gasteiger partial charge is 0.495 e. The molecule has 0 saturated heterocycles. The Labute approximate surface area is 182 Å². The molecule has 0 bridgehead atoms. The average molecular weight is 442 g/mol. The van der Waals surface area contributed by atoms with E-state index in [0.29, 0.717) is 52.6 Å². The first kappa shape index (κ1) is 20.7. The summed E-state index contributed by atoms with van der Waals surface area (Å²) in [5, 5.41) is 10.1. The number of fused-ring (bicyclic) bond motifs is 1. The summed E-state index contributed by atoms with van der Waals surface area (Å²) in [5.41, 5.74) is 2.61. The lowest BCUT2D eigenvalue weighted by Gasteiger charge is -2.05. The van der Waals surface area contributed by atoms with Crippen LogP contribution in [0.4, 0.5) is 5.82 Å². The van der Waals surface area contributed by atoms with Gasteiger partial charge in [-0.15, -0.1) is 0 Å². The normalized spacial score (nSPS) is 10.9. The Kier molecular flexibility index (Phi) is 6.06. The topological polar surface area (TPSA) is 114 Å². The molecule has 0 spiro atoms. The number of imidazole rings is 1. The molecular formula is C21H20ClN5O4. The van der Waals surface area contributed by atoms with E-state index >= 15 is 0 Å². The molecule has 3 N–H and O–H groups in total. The van der Waals surface area contributed by atoms with E-state index in [4.69, 9.17) is 25.8 Å². The molecule has 2 aromatic carbocycles. The molecule has 10 heteroatoms. The molecule has 0 unspecified atom stereocenters. The van der Waals surface area contributed by atoms with Crippen LogP contribution in [0.25, 0.3) is 22.6 Å². The Morgan fingerprint density at radius 1 is 1.13 bits per heavy atom. The second kappa shape index (κ2) is 9.07. The summed E-state index contributed by atoms with van der Waals surface area (Å²) in [7, 11) is 3.14. The van der Waals surface area contributed by atoms with Crippen molar-refractivity contribution in [2.24, 2.45) is 0 Å². The van der Waals surface area contributed by atoms with Crippen molar-refractivity contribution < 1.29 is 19.0 Å². The summed E-state index contributed by atoms with van der Waals surface area (Å²) in [5.74, 6) is 1.81. The van der Waals surface area contributed by atoms with E-state index in [0.717, 1.165) is 11.0 Å². The first-order valence-electron chi connectivity index (χ1n) is 9.39. The van der Waals surface area contributed by atoms with Crippen LogP contribution >= 0.6 is 11.6 Å². The number of anilines is 1. The number of aromatic amines is 2. The van der Waals surface area contributed by atoms with Crippen molar-refractivity contribution in [2.75, 3.05) is 32.8 Å². The summed E-state index contributed by atoms with van der Waals surface area (Å²) in [6, 6.07) is 12.1. The molecule has 2 aromatic heterocycles. The highest BCUT2D eigenvalue weighted by molar-refractivity contribution is 6.32. The lowest BCUT2D eigenvalue weighted by atomic mass is 10.2. The van der Waals surface area contributed by atoms with Gasteiger partial charge in [0.1, 0.15) is 23.8 Å². The molecular weight excluding hydrogens is 422 g/mol. The van der Waals surface area contributed by atoms with Crippen molar-refractivity contribution in [3.63, 3.8) is 0 Å². The number of benzene rings is 2. The highest BCUT2D eigenvalue weighted by Crippen LogP contribution is 2.26. The molecule has 0 fully saturated rings. The molecule has 0 aliphatic rings. The number of methoxy groups -OCH3 is 2. The first-order valence-corrected chi connectivity index (χ1v) is 9.77. The highest BCUT2D eigenvalue weighted by atomic mass is 35.5. The van der Waals surface area contributed by atoms with Crippen LogP contribution in [0.5, 0.6) is 11.5 Å². The fraction of sp³-hybridized carbons (Fsp3) is 0.190. The second-order valence-electron chi connectivity index (χ2n) is 6.58. The first-order chi connectivity index (χ1) is 15.1. The lowest BCUT2D eigenvalue weighted by molar-refractivity contribution is 0.102. The Morgan fingerprint density at radius 3 is 2.77 bits per heavy atom. The van der Waals surface area contributed by atoms with E-state index in [1.165, 1.54) is 13.2 Å². The number of hydrogen-bond acceptors (Lipinski definition) is 6. The molecule has 31 heavy (non-hydrogen) atoms. The highest BCUT2D eigenvalue weighted by Gasteiger charge is 2.13. The maximum absolute atomic E-state index is 12.5. The molecule has 0 atom stereocenters.